The average molecular weight is 383 g/mol. The molecule has 0 spiro atoms. The molecule has 0 aromatic rings. The lowest BCUT2D eigenvalue weighted by atomic mass is 9.80. The Bertz CT molecular complexity index is 509. The van der Waals surface area contributed by atoms with Gasteiger partial charge in [0.2, 0.25) is 0 Å². The molecule has 4 fully saturated rings. The van der Waals surface area contributed by atoms with Crippen molar-refractivity contribution in [1.29, 1.82) is 0 Å². The maximum absolute atomic E-state index is 12.6. The molecule has 1 N–H and O–H groups in total. The summed E-state index contributed by atoms with van der Waals surface area (Å²) in [6.07, 6.45) is 10.7. The van der Waals surface area contributed by atoms with Gasteiger partial charge in [-0.2, -0.15) is 0 Å². The number of aliphatic hydroxyl groups excluding tert-OH is 1. The molecule has 5 heteroatoms. The molecule has 4 nitrogen and oxygen atoms in total. The van der Waals surface area contributed by atoms with Crippen LogP contribution in [0.2, 0.25) is 0 Å². The molecule has 128 valence electrons. The molecule has 5 unspecified atom stereocenters. The number of halogens is 1. The van der Waals surface area contributed by atoms with Crippen LogP contribution < -0.4 is 0 Å². The molecule has 2 aliphatic carbocycles. The van der Waals surface area contributed by atoms with Crippen molar-refractivity contribution in [3.63, 3.8) is 0 Å². The number of hydrazine groups is 1. The second-order valence-electron chi connectivity index (χ2n) is 7.69. The third-order valence-electron chi connectivity index (χ3n) is 6.27. The van der Waals surface area contributed by atoms with Crippen molar-refractivity contribution in [3.8, 4) is 0 Å². The molecule has 5 atom stereocenters. The van der Waals surface area contributed by atoms with Crippen molar-refractivity contribution >= 4 is 21.7 Å². The van der Waals surface area contributed by atoms with Gasteiger partial charge in [-0.25, -0.2) is 5.01 Å². The fourth-order valence-corrected chi connectivity index (χ4v) is 5.72. The number of carbonyl (C=O) groups is 1. The molecule has 2 saturated heterocycles. The number of Topliss-reactive ketones (excluding diaryl/α,β-unsaturated/α-hetero) is 1. The molecular weight excluding hydrogens is 356 g/mol. The van der Waals surface area contributed by atoms with Crippen LogP contribution in [0.5, 0.6) is 0 Å². The van der Waals surface area contributed by atoms with Crippen molar-refractivity contribution in [3.05, 3.63) is 11.8 Å². The van der Waals surface area contributed by atoms with E-state index in [4.69, 9.17) is 0 Å². The molecule has 4 aliphatic rings. The zero-order chi connectivity index (χ0) is 16.0. The first-order valence-corrected chi connectivity index (χ1v) is 10.1. The van der Waals surface area contributed by atoms with Crippen LogP contribution in [0.25, 0.3) is 0 Å². The Hall–Kier alpha value is -0.390. The molecule has 23 heavy (non-hydrogen) atoms. The standard InChI is InChI=1S/C18H27BrN2O2/c19-13-5-6-17(22)12(9-13)10-14-7-8-20-16-4-2-1-3-15(16)18(23)11-21(14)20/h10,12-13,15-17,22H,1-9,11H2/b14-10+. The van der Waals surface area contributed by atoms with Gasteiger partial charge in [0.1, 0.15) is 0 Å². The third kappa shape index (κ3) is 3.00. The van der Waals surface area contributed by atoms with Crippen LogP contribution in [0.3, 0.4) is 0 Å². The molecule has 4 rings (SSSR count). The Balaban J connectivity index is 1.53. The van der Waals surface area contributed by atoms with Crippen LogP contribution in [0, 0.1) is 11.8 Å². The first kappa shape index (κ1) is 16.1. The summed E-state index contributed by atoms with van der Waals surface area (Å²) in [7, 11) is 0. The average Bonchev–Trinajstić information content (AvgIpc) is 2.94. The summed E-state index contributed by atoms with van der Waals surface area (Å²) in [5, 5.41) is 15.0. The van der Waals surface area contributed by atoms with Gasteiger partial charge < -0.3 is 10.1 Å². The van der Waals surface area contributed by atoms with Gasteiger partial charge in [-0.05, 0) is 32.1 Å². The Labute approximate surface area is 147 Å². The number of carbonyl (C=O) groups excluding carboxylic acids is 1. The maximum atomic E-state index is 12.6. The number of rotatable bonds is 1. The minimum atomic E-state index is -0.228. The molecule has 0 radical (unpaired) electrons. The highest BCUT2D eigenvalue weighted by Crippen LogP contribution is 2.40. The molecule has 0 bridgehead atoms. The van der Waals surface area contributed by atoms with E-state index in [-0.39, 0.29) is 17.9 Å². The molecule has 2 saturated carbocycles. The Morgan fingerprint density at radius 3 is 2.87 bits per heavy atom. The SMILES string of the molecule is O=C1CN2/C(=C/C3CC(Br)CCC3O)CCN2C2CCCCC12. The van der Waals surface area contributed by atoms with Crippen LogP contribution in [0.1, 0.15) is 51.4 Å². The summed E-state index contributed by atoms with van der Waals surface area (Å²) >= 11 is 3.71. The number of fused-ring (bicyclic) bond motifs is 3. The number of aliphatic hydroxyl groups is 1. The van der Waals surface area contributed by atoms with Crippen LogP contribution >= 0.6 is 15.9 Å². The van der Waals surface area contributed by atoms with E-state index in [1.54, 1.807) is 0 Å². The highest BCUT2D eigenvalue weighted by atomic mass is 79.9. The van der Waals surface area contributed by atoms with E-state index < -0.39 is 0 Å². The van der Waals surface area contributed by atoms with Gasteiger partial charge in [-0.15, -0.1) is 0 Å². The number of hydrogen-bond acceptors (Lipinski definition) is 4. The maximum Gasteiger partial charge on any atom is 0.158 e. The summed E-state index contributed by atoms with van der Waals surface area (Å²) in [5.74, 6) is 0.926. The van der Waals surface area contributed by atoms with Gasteiger partial charge in [0.15, 0.2) is 5.78 Å². The third-order valence-corrected chi connectivity index (χ3v) is 7.11. The summed E-state index contributed by atoms with van der Waals surface area (Å²) < 4.78 is 0. The first-order chi connectivity index (χ1) is 11.1. The van der Waals surface area contributed by atoms with Crippen molar-refractivity contribution < 1.29 is 9.90 Å². The van der Waals surface area contributed by atoms with Crippen LogP contribution in [-0.4, -0.2) is 51.0 Å². The summed E-state index contributed by atoms with van der Waals surface area (Å²) in [4.78, 5) is 13.1. The predicted octanol–water partition coefficient (Wildman–Crippen LogP) is 2.86. The number of nitrogens with zero attached hydrogens (tertiary/aromatic N) is 2. The number of ketones is 1. The lowest BCUT2D eigenvalue weighted by Crippen LogP contribution is -2.57. The number of hydrogen-bond donors (Lipinski definition) is 1. The molecular formula is C18H27BrN2O2. The van der Waals surface area contributed by atoms with E-state index in [0.717, 1.165) is 45.1 Å². The van der Waals surface area contributed by atoms with Crippen LogP contribution in [0.4, 0.5) is 0 Å². The van der Waals surface area contributed by atoms with Gasteiger partial charge in [0, 0.05) is 41.4 Å². The van der Waals surface area contributed by atoms with Crippen LogP contribution in [0.15, 0.2) is 11.8 Å². The fourth-order valence-electron chi connectivity index (χ4n) is 5.02. The minimum absolute atomic E-state index is 0.224. The highest BCUT2D eigenvalue weighted by molar-refractivity contribution is 9.09. The van der Waals surface area contributed by atoms with E-state index in [1.165, 1.54) is 18.5 Å². The second-order valence-corrected chi connectivity index (χ2v) is 8.99. The first-order valence-electron chi connectivity index (χ1n) is 9.23. The van der Waals surface area contributed by atoms with Gasteiger partial charge in [-0.3, -0.25) is 4.79 Å². The molecule has 2 aliphatic heterocycles. The van der Waals surface area contributed by atoms with Gasteiger partial charge in [0.25, 0.3) is 0 Å². The van der Waals surface area contributed by atoms with E-state index in [0.29, 0.717) is 23.2 Å². The van der Waals surface area contributed by atoms with Crippen molar-refractivity contribution in [2.75, 3.05) is 13.1 Å². The Morgan fingerprint density at radius 1 is 1.17 bits per heavy atom. The summed E-state index contributed by atoms with van der Waals surface area (Å²) in [5.41, 5.74) is 1.27. The Kier molecular flexibility index (Phi) is 4.54. The quantitative estimate of drug-likeness (QED) is 0.708. The van der Waals surface area contributed by atoms with E-state index >= 15 is 0 Å². The second kappa shape index (κ2) is 6.49. The molecule has 0 aromatic heterocycles. The molecule has 0 aromatic carbocycles. The molecule has 0 amide bonds. The fraction of sp³-hybridized carbons (Fsp3) is 0.833. The monoisotopic (exact) mass is 382 g/mol. The highest BCUT2D eigenvalue weighted by Gasteiger charge is 2.45. The van der Waals surface area contributed by atoms with E-state index in [1.807, 2.05) is 0 Å². The van der Waals surface area contributed by atoms with Gasteiger partial charge in [-0.1, -0.05) is 34.8 Å². The normalized spacial score (nSPS) is 43.6. The smallest absolute Gasteiger partial charge is 0.158 e. The van der Waals surface area contributed by atoms with E-state index in [2.05, 4.69) is 32.0 Å². The van der Waals surface area contributed by atoms with Crippen molar-refractivity contribution in [1.82, 2.24) is 10.0 Å². The van der Waals surface area contributed by atoms with Gasteiger partial charge >= 0.3 is 0 Å². The Morgan fingerprint density at radius 2 is 2.00 bits per heavy atom. The largest absolute Gasteiger partial charge is 0.393 e. The summed E-state index contributed by atoms with van der Waals surface area (Å²) in [6.45, 7) is 1.59. The predicted molar refractivity (Wildman–Crippen MR) is 92.9 cm³/mol. The minimum Gasteiger partial charge on any atom is -0.393 e. The zero-order valence-corrected chi connectivity index (χ0v) is 15.2. The lowest BCUT2D eigenvalue weighted by molar-refractivity contribution is -0.145. The van der Waals surface area contributed by atoms with Gasteiger partial charge in [0.05, 0.1) is 12.6 Å². The zero-order valence-electron chi connectivity index (χ0n) is 13.7. The lowest BCUT2D eigenvalue weighted by Gasteiger charge is -2.47. The topological polar surface area (TPSA) is 43.8 Å². The molecule has 2 heterocycles. The van der Waals surface area contributed by atoms with Crippen molar-refractivity contribution in [2.24, 2.45) is 11.8 Å². The van der Waals surface area contributed by atoms with E-state index in [9.17, 15) is 9.90 Å². The summed E-state index contributed by atoms with van der Waals surface area (Å²) in [6, 6.07) is 0.427. The van der Waals surface area contributed by atoms with Crippen LogP contribution in [-0.2, 0) is 4.79 Å². The number of alkyl halides is 1. The van der Waals surface area contributed by atoms with Crippen molar-refractivity contribution in [2.45, 2.75) is 68.3 Å².